The minimum Gasteiger partial charge on any atom is -0.331 e. The van der Waals surface area contributed by atoms with Crippen molar-refractivity contribution >= 4 is 5.91 Å². The van der Waals surface area contributed by atoms with Gasteiger partial charge in [-0.1, -0.05) is 6.07 Å². The van der Waals surface area contributed by atoms with Gasteiger partial charge in [-0.15, -0.1) is 0 Å². The molecule has 3 rings (SSSR count). The molecule has 3 heterocycles. The first-order valence-corrected chi connectivity index (χ1v) is 6.67. The summed E-state index contributed by atoms with van der Waals surface area (Å²) in [5, 5.41) is 0. The molecule has 0 radical (unpaired) electrons. The number of rotatable bonds is 1. The number of nitrogens with two attached hydrogens (primary N) is 1. The molecule has 2 unspecified atom stereocenters. The number of piperidine rings is 1. The van der Waals surface area contributed by atoms with Crippen LogP contribution in [0, 0.1) is 6.92 Å². The maximum absolute atomic E-state index is 12.5. The van der Waals surface area contributed by atoms with Gasteiger partial charge in [0.2, 0.25) is 0 Å². The first-order chi connectivity index (χ1) is 8.65. The van der Waals surface area contributed by atoms with Crippen molar-refractivity contribution in [3.63, 3.8) is 0 Å². The molecule has 2 atom stereocenters. The fourth-order valence-corrected chi connectivity index (χ4v) is 3.35. The average Bonchev–Trinajstić information content (AvgIpc) is 2.61. The maximum Gasteiger partial charge on any atom is 0.272 e. The Bertz CT molecular complexity index is 460. The van der Waals surface area contributed by atoms with E-state index in [9.17, 15) is 4.79 Å². The van der Waals surface area contributed by atoms with Crippen LogP contribution < -0.4 is 5.73 Å². The molecular weight excluding hydrogens is 226 g/mol. The number of hydrogen-bond donors (Lipinski definition) is 1. The van der Waals surface area contributed by atoms with E-state index in [1.165, 1.54) is 0 Å². The van der Waals surface area contributed by atoms with Crippen molar-refractivity contribution in [3.05, 3.63) is 29.6 Å². The van der Waals surface area contributed by atoms with Gasteiger partial charge in [-0.2, -0.15) is 0 Å². The van der Waals surface area contributed by atoms with Crippen LogP contribution in [-0.2, 0) is 0 Å². The zero-order valence-electron chi connectivity index (χ0n) is 10.7. The van der Waals surface area contributed by atoms with Gasteiger partial charge in [0.05, 0.1) is 0 Å². The molecule has 0 aromatic carbocycles. The number of carbonyl (C=O) groups excluding carboxylic acids is 1. The van der Waals surface area contributed by atoms with Gasteiger partial charge in [-0.25, -0.2) is 4.98 Å². The van der Waals surface area contributed by atoms with E-state index in [2.05, 4.69) is 4.98 Å². The van der Waals surface area contributed by atoms with Crippen molar-refractivity contribution in [1.29, 1.82) is 0 Å². The van der Waals surface area contributed by atoms with Gasteiger partial charge in [0.15, 0.2) is 0 Å². The summed E-state index contributed by atoms with van der Waals surface area (Å²) in [4.78, 5) is 18.9. The van der Waals surface area contributed by atoms with Crippen LogP contribution in [0.5, 0.6) is 0 Å². The van der Waals surface area contributed by atoms with E-state index in [1.54, 1.807) is 0 Å². The number of pyridine rings is 1. The van der Waals surface area contributed by atoms with Crippen molar-refractivity contribution in [3.8, 4) is 0 Å². The molecule has 2 aliphatic rings. The van der Waals surface area contributed by atoms with Gasteiger partial charge >= 0.3 is 0 Å². The highest BCUT2D eigenvalue weighted by Crippen LogP contribution is 2.35. The molecule has 1 aromatic rings. The Morgan fingerprint density at radius 3 is 2.61 bits per heavy atom. The van der Waals surface area contributed by atoms with Crippen LogP contribution in [0.1, 0.15) is 41.9 Å². The number of carbonyl (C=O) groups is 1. The fourth-order valence-electron chi connectivity index (χ4n) is 3.35. The van der Waals surface area contributed by atoms with Crippen molar-refractivity contribution in [1.82, 2.24) is 9.88 Å². The number of aryl methyl sites for hydroxylation is 1. The number of fused-ring (bicyclic) bond motifs is 2. The minimum atomic E-state index is 0.0816. The first-order valence-electron chi connectivity index (χ1n) is 6.67. The Labute approximate surface area is 107 Å². The normalized spacial score (nSPS) is 30.6. The highest BCUT2D eigenvalue weighted by Gasteiger charge is 2.42. The van der Waals surface area contributed by atoms with Gasteiger partial charge in [0.25, 0.3) is 5.91 Å². The predicted molar refractivity (Wildman–Crippen MR) is 69.2 cm³/mol. The Hall–Kier alpha value is -1.42. The minimum absolute atomic E-state index is 0.0816. The number of amides is 1. The molecule has 0 spiro atoms. The third-order valence-corrected chi connectivity index (χ3v) is 4.11. The number of aromatic nitrogens is 1. The van der Waals surface area contributed by atoms with Crippen molar-refractivity contribution in [2.24, 2.45) is 5.73 Å². The summed E-state index contributed by atoms with van der Waals surface area (Å²) >= 11 is 0. The molecule has 18 heavy (non-hydrogen) atoms. The van der Waals surface area contributed by atoms with Gasteiger partial charge in [-0.05, 0) is 44.7 Å². The summed E-state index contributed by atoms with van der Waals surface area (Å²) in [5.74, 6) is 0.0816. The molecule has 2 saturated heterocycles. The van der Waals surface area contributed by atoms with Crippen molar-refractivity contribution in [2.45, 2.75) is 50.7 Å². The van der Waals surface area contributed by atoms with E-state index in [-0.39, 0.29) is 11.9 Å². The lowest BCUT2D eigenvalue weighted by molar-refractivity contribution is 0.0569. The van der Waals surface area contributed by atoms with Gasteiger partial charge in [0, 0.05) is 23.8 Å². The molecular formula is C14H19N3O. The van der Waals surface area contributed by atoms with E-state index in [0.717, 1.165) is 31.4 Å². The molecule has 96 valence electrons. The SMILES string of the molecule is Cc1cccc(C(=O)N2C3CCC2CC(N)C3)n1. The van der Waals surface area contributed by atoms with Gasteiger partial charge in [-0.3, -0.25) is 4.79 Å². The average molecular weight is 245 g/mol. The second-order valence-electron chi connectivity index (χ2n) is 5.49. The zero-order chi connectivity index (χ0) is 12.7. The third kappa shape index (κ3) is 1.90. The van der Waals surface area contributed by atoms with E-state index in [1.807, 2.05) is 30.0 Å². The smallest absolute Gasteiger partial charge is 0.272 e. The Balaban J connectivity index is 1.85. The van der Waals surface area contributed by atoms with Crippen molar-refractivity contribution < 1.29 is 4.79 Å². The summed E-state index contributed by atoms with van der Waals surface area (Å²) in [6.07, 6.45) is 4.06. The summed E-state index contributed by atoms with van der Waals surface area (Å²) in [6, 6.07) is 6.53. The molecule has 2 fully saturated rings. The van der Waals surface area contributed by atoms with Crippen LogP contribution in [0.4, 0.5) is 0 Å². The van der Waals surface area contributed by atoms with Crippen LogP contribution in [0.2, 0.25) is 0 Å². The van der Waals surface area contributed by atoms with Crippen LogP contribution >= 0.6 is 0 Å². The first kappa shape index (κ1) is 11.7. The molecule has 1 amide bonds. The monoisotopic (exact) mass is 245 g/mol. The lowest BCUT2D eigenvalue weighted by Crippen LogP contribution is -2.50. The van der Waals surface area contributed by atoms with Crippen LogP contribution in [0.15, 0.2) is 18.2 Å². The highest BCUT2D eigenvalue weighted by molar-refractivity contribution is 5.93. The summed E-state index contributed by atoms with van der Waals surface area (Å²) in [5.41, 5.74) is 7.49. The molecule has 4 heteroatoms. The predicted octanol–water partition coefficient (Wildman–Crippen LogP) is 1.48. The molecule has 0 aliphatic carbocycles. The Kier molecular flexibility index (Phi) is 2.82. The molecule has 0 saturated carbocycles. The van der Waals surface area contributed by atoms with Crippen LogP contribution in [0.3, 0.4) is 0 Å². The number of hydrogen-bond acceptors (Lipinski definition) is 3. The largest absolute Gasteiger partial charge is 0.331 e. The van der Waals surface area contributed by atoms with Crippen LogP contribution in [0.25, 0.3) is 0 Å². The third-order valence-electron chi connectivity index (χ3n) is 4.11. The molecule has 2 aliphatic heterocycles. The zero-order valence-corrected chi connectivity index (χ0v) is 10.7. The quantitative estimate of drug-likeness (QED) is 0.815. The van der Waals surface area contributed by atoms with Gasteiger partial charge < -0.3 is 10.6 Å². The van der Waals surface area contributed by atoms with E-state index < -0.39 is 0 Å². The maximum atomic E-state index is 12.5. The highest BCUT2D eigenvalue weighted by atomic mass is 16.2. The van der Waals surface area contributed by atoms with Gasteiger partial charge in [0.1, 0.15) is 5.69 Å². The molecule has 4 nitrogen and oxygen atoms in total. The van der Waals surface area contributed by atoms with E-state index in [4.69, 9.17) is 5.73 Å². The lowest BCUT2D eigenvalue weighted by Gasteiger charge is -2.37. The summed E-state index contributed by atoms with van der Waals surface area (Å²) in [6.45, 7) is 1.91. The second kappa shape index (κ2) is 4.35. The Morgan fingerprint density at radius 2 is 2.00 bits per heavy atom. The standard InChI is InChI=1S/C14H19N3O/c1-9-3-2-4-13(16-9)14(18)17-11-5-6-12(17)8-10(15)7-11/h2-4,10-12H,5-8,15H2,1H3. The topological polar surface area (TPSA) is 59.2 Å². The lowest BCUT2D eigenvalue weighted by atomic mass is 9.98. The van der Waals surface area contributed by atoms with Crippen LogP contribution in [-0.4, -0.2) is 33.9 Å². The second-order valence-corrected chi connectivity index (χ2v) is 5.49. The fraction of sp³-hybridized carbons (Fsp3) is 0.571. The number of nitrogens with zero attached hydrogens (tertiary/aromatic N) is 2. The van der Waals surface area contributed by atoms with E-state index >= 15 is 0 Å². The summed E-state index contributed by atoms with van der Waals surface area (Å²) < 4.78 is 0. The van der Waals surface area contributed by atoms with E-state index in [0.29, 0.717) is 17.8 Å². The molecule has 2 bridgehead atoms. The molecule has 1 aromatic heterocycles. The molecule has 2 N–H and O–H groups in total. The summed E-state index contributed by atoms with van der Waals surface area (Å²) in [7, 11) is 0. The Morgan fingerprint density at radius 1 is 1.33 bits per heavy atom. The van der Waals surface area contributed by atoms with Crippen molar-refractivity contribution in [2.75, 3.05) is 0 Å².